The molecule has 0 bridgehead atoms. The molecule has 1 aromatic heterocycles. The summed E-state index contributed by atoms with van der Waals surface area (Å²) >= 11 is 0. The van der Waals surface area contributed by atoms with Crippen molar-refractivity contribution in [2.45, 2.75) is 46.0 Å². The maximum Gasteiger partial charge on any atom is 0.225 e. The fourth-order valence-corrected chi connectivity index (χ4v) is 2.77. The van der Waals surface area contributed by atoms with Crippen molar-refractivity contribution in [3.63, 3.8) is 0 Å². The minimum Gasteiger partial charge on any atom is -0.341 e. The van der Waals surface area contributed by atoms with Gasteiger partial charge in [-0.05, 0) is 51.1 Å². The molecule has 1 fully saturated rings. The molecule has 1 aliphatic rings. The molecule has 4 nitrogen and oxygen atoms in total. The van der Waals surface area contributed by atoms with Crippen molar-refractivity contribution in [3.8, 4) is 0 Å². The van der Waals surface area contributed by atoms with Crippen LogP contribution >= 0.6 is 0 Å². The fourth-order valence-electron chi connectivity index (χ4n) is 2.77. The fraction of sp³-hybridized carbons (Fsp3) is 0.714. The van der Waals surface area contributed by atoms with Gasteiger partial charge in [-0.15, -0.1) is 0 Å². The van der Waals surface area contributed by atoms with Crippen molar-refractivity contribution in [2.24, 2.45) is 5.73 Å². The SMILES string of the molecule is Cc1nc(N2CCCCC2)nc(C)c1C(C)CN. The van der Waals surface area contributed by atoms with Crippen molar-refractivity contribution in [3.05, 3.63) is 17.0 Å². The zero-order valence-electron chi connectivity index (χ0n) is 11.7. The van der Waals surface area contributed by atoms with Crippen LogP contribution in [0.25, 0.3) is 0 Å². The number of aromatic nitrogens is 2. The Morgan fingerprint density at radius 2 is 1.67 bits per heavy atom. The van der Waals surface area contributed by atoms with Gasteiger partial charge in [-0.3, -0.25) is 0 Å². The van der Waals surface area contributed by atoms with Gasteiger partial charge < -0.3 is 10.6 Å². The van der Waals surface area contributed by atoms with E-state index < -0.39 is 0 Å². The van der Waals surface area contributed by atoms with E-state index in [-0.39, 0.29) is 0 Å². The third-order valence-electron chi connectivity index (χ3n) is 3.80. The molecule has 1 atom stereocenters. The van der Waals surface area contributed by atoms with Crippen LogP contribution in [0.15, 0.2) is 0 Å². The summed E-state index contributed by atoms with van der Waals surface area (Å²) in [4.78, 5) is 11.7. The van der Waals surface area contributed by atoms with Crippen LogP contribution in [0.4, 0.5) is 5.95 Å². The molecule has 1 aliphatic heterocycles. The number of anilines is 1. The van der Waals surface area contributed by atoms with Gasteiger partial charge in [-0.2, -0.15) is 0 Å². The van der Waals surface area contributed by atoms with Gasteiger partial charge >= 0.3 is 0 Å². The van der Waals surface area contributed by atoms with E-state index in [9.17, 15) is 0 Å². The van der Waals surface area contributed by atoms with Crippen molar-refractivity contribution in [1.82, 2.24) is 9.97 Å². The summed E-state index contributed by atoms with van der Waals surface area (Å²) in [6, 6.07) is 0. The van der Waals surface area contributed by atoms with Crippen LogP contribution in [0.3, 0.4) is 0 Å². The maximum atomic E-state index is 5.76. The number of nitrogens with two attached hydrogens (primary N) is 1. The summed E-state index contributed by atoms with van der Waals surface area (Å²) < 4.78 is 0. The first-order chi connectivity index (χ1) is 8.63. The van der Waals surface area contributed by atoms with Crippen LogP contribution < -0.4 is 10.6 Å². The monoisotopic (exact) mass is 248 g/mol. The quantitative estimate of drug-likeness (QED) is 0.890. The Morgan fingerprint density at radius 3 is 2.17 bits per heavy atom. The standard InChI is InChI=1S/C14H24N4/c1-10(9-15)13-11(2)16-14(17-12(13)3)18-7-5-4-6-8-18/h10H,4-9,15H2,1-3H3. The Hall–Kier alpha value is -1.16. The van der Waals surface area contributed by atoms with E-state index >= 15 is 0 Å². The third kappa shape index (κ3) is 2.64. The molecule has 0 amide bonds. The molecule has 4 heteroatoms. The second-order valence-electron chi connectivity index (χ2n) is 5.29. The summed E-state index contributed by atoms with van der Waals surface area (Å²) in [7, 11) is 0. The third-order valence-corrected chi connectivity index (χ3v) is 3.80. The topological polar surface area (TPSA) is 55.0 Å². The molecule has 2 N–H and O–H groups in total. The Kier molecular flexibility index (Phi) is 4.17. The van der Waals surface area contributed by atoms with Crippen LogP contribution in [-0.4, -0.2) is 29.6 Å². The Bertz CT molecular complexity index is 387. The van der Waals surface area contributed by atoms with Gasteiger partial charge in [-0.25, -0.2) is 9.97 Å². The van der Waals surface area contributed by atoms with Gasteiger partial charge in [0.15, 0.2) is 0 Å². The average Bonchev–Trinajstić information content (AvgIpc) is 2.38. The van der Waals surface area contributed by atoms with E-state index in [0.717, 1.165) is 30.4 Å². The number of piperidine rings is 1. The highest BCUT2D eigenvalue weighted by Gasteiger charge is 2.18. The number of rotatable bonds is 3. The zero-order valence-corrected chi connectivity index (χ0v) is 11.7. The average molecular weight is 248 g/mol. The number of hydrogen-bond donors (Lipinski definition) is 1. The largest absolute Gasteiger partial charge is 0.341 e. The smallest absolute Gasteiger partial charge is 0.225 e. The first kappa shape index (κ1) is 13.3. The Balaban J connectivity index is 2.29. The lowest BCUT2D eigenvalue weighted by atomic mass is 9.98. The molecule has 0 aromatic carbocycles. The lowest BCUT2D eigenvalue weighted by Gasteiger charge is -2.28. The molecule has 1 aromatic rings. The van der Waals surface area contributed by atoms with E-state index in [1.54, 1.807) is 0 Å². The van der Waals surface area contributed by atoms with E-state index in [2.05, 4.69) is 35.6 Å². The minimum atomic E-state index is 0.334. The molecule has 0 radical (unpaired) electrons. The van der Waals surface area contributed by atoms with Gasteiger partial charge in [0.2, 0.25) is 5.95 Å². The predicted molar refractivity (Wildman–Crippen MR) is 75.0 cm³/mol. The van der Waals surface area contributed by atoms with Crippen molar-refractivity contribution in [1.29, 1.82) is 0 Å². The molecule has 0 aliphatic carbocycles. The highest BCUT2D eigenvalue weighted by molar-refractivity contribution is 5.38. The van der Waals surface area contributed by atoms with Gasteiger partial charge in [-0.1, -0.05) is 6.92 Å². The van der Waals surface area contributed by atoms with E-state index in [4.69, 9.17) is 5.73 Å². The zero-order chi connectivity index (χ0) is 13.1. The normalized spacial score (nSPS) is 17.9. The van der Waals surface area contributed by atoms with Crippen LogP contribution in [0, 0.1) is 13.8 Å². The first-order valence-corrected chi connectivity index (χ1v) is 6.93. The summed E-state index contributed by atoms with van der Waals surface area (Å²) in [6.45, 7) is 9.11. The van der Waals surface area contributed by atoms with Crippen molar-refractivity contribution >= 4 is 5.95 Å². The van der Waals surface area contributed by atoms with Crippen LogP contribution in [-0.2, 0) is 0 Å². The molecule has 2 rings (SSSR count). The first-order valence-electron chi connectivity index (χ1n) is 6.93. The number of hydrogen-bond acceptors (Lipinski definition) is 4. The van der Waals surface area contributed by atoms with Crippen LogP contribution in [0.1, 0.15) is 49.1 Å². The highest BCUT2D eigenvalue weighted by atomic mass is 15.3. The lowest BCUT2D eigenvalue weighted by molar-refractivity contribution is 0.566. The van der Waals surface area contributed by atoms with E-state index in [1.165, 1.54) is 24.8 Å². The highest BCUT2D eigenvalue weighted by Crippen LogP contribution is 2.24. The molecule has 2 heterocycles. The van der Waals surface area contributed by atoms with Crippen molar-refractivity contribution in [2.75, 3.05) is 24.5 Å². The Morgan fingerprint density at radius 1 is 1.11 bits per heavy atom. The summed E-state index contributed by atoms with van der Waals surface area (Å²) in [5.41, 5.74) is 9.15. The number of aryl methyl sites for hydroxylation is 2. The number of nitrogens with zero attached hydrogens (tertiary/aromatic N) is 3. The van der Waals surface area contributed by atoms with E-state index in [1.807, 2.05) is 0 Å². The molecule has 1 unspecified atom stereocenters. The second-order valence-corrected chi connectivity index (χ2v) is 5.29. The molecule has 0 spiro atoms. The van der Waals surface area contributed by atoms with Crippen LogP contribution in [0.5, 0.6) is 0 Å². The summed E-state index contributed by atoms with van der Waals surface area (Å²) in [6.07, 6.45) is 3.83. The Labute approximate surface area is 110 Å². The van der Waals surface area contributed by atoms with E-state index in [0.29, 0.717) is 12.5 Å². The maximum absolute atomic E-state index is 5.76. The van der Waals surface area contributed by atoms with Crippen molar-refractivity contribution < 1.29 is 0 Å². The van der Waals surface area contributed by atoms with Gasteiger partial charge in [0.05, 0.1) is 0 Å². The van der Waals surface area contributed by atoms with Gasteiger partial charge in [0.25, 0.3) is 0 Å². The summed E-state index contributed by atoms with van der Waals surface area (Å²) in [5.74, 6) is 1.23. The summed E-state index contributed by atoms with van der Waals surface area (Å²) in [5, 5.41) is 0. The molecular formula is C14H24N4. The van der Waals surface area contributed by atoms with Crippen LogP contribution in [0.2, 0.25) is 0 Å². The predicted octanol–water partition coefficient (Wildman–Crippen LogP) is 2.15. The van der Waals surface area contributed by atoms with Gasteiger partial charge in [0.1, 0.15) is 0 Å². The molecule has 100 valence electrons. The minimum absolute atomic E-state index is 0.334. The molecule has 1 saturated heterocycles. The molecular weight excluding hydrogens is 224 g/mol. The second kappa shape index (κ2) is 5.65. The van der Waals surface area contributed by atoms with Gasteiger partial charge in [0, 0.05) is 24.5 Å². The molecule has 18 heavy (non-hydrogen) atoms. The molecule has 0 saturated carbocycles. The lowest BCUT2D eigenvalue weighted by Crippen LogP contribution is -2.31.